The molecule has 0 saturated heterocycles. The van der Waals surface area contributed by atoms with Gasteiger partial charge in [0, 0.05) is 0 Å². The normalized spacial score (nSPS) is 12.8. The second-order valence-corrected chi connectivity index (χ2v) is 3.30. The minimum Gasteiger partial charge on any atom is -0.480 e. The van der Waals surface area contributed by atoms with E-state index in [1.54, 1.807) is 0 Å². The van der Waals surface area contributed by atoms with Gasteiger partial charge >= 0.3 is 5.97 Å². The Hall–Kier alpha value is -0.970. The molecular formula is C7H9NO3S. The summed E-state index contributed by atoms with van der Waals surface area (Å²) in [6.07, 6.45) is 3.48. The lowest BCUT2D eigenvalue weighted by Crippen LogP contribution is -2.14. The first-order valence-electron chi connectivity index (χ1n) is 3.53. The summed E-state index contributed by atoms with van der Waals surface area (Å²) >= 11 is 1.13. The number of aliphatic carboxylic acids is 1. The highest BCUT2D eigenvalue weighted by molar-refractivity contribution is 8.00. The molecule has 0 spiro atoms. The number of nitrogens with zero attached hydrogens (tertiary/aromatic N) is 1. The summed E-state index contributed by atoms with van der Waals surface area (Å²) < 4.78 is 4.90. The van der Waals surface area contributed by atoms with E-state index in [1.807, 2.05) is 6.92 Å². The number of carbonyl (C=O) groups is 1. The second kappa shape index (κ2) is 4.15. The van der Waals surface area contributed by atoms with Gasteiger partial charge in [0.05, 0.1) is 6.20 Å². The Balaban J connectivity index is 2.54. The first-order chi connectivity index (χ1) is 5.74. The predicted octanol–water partition coefficient (Wildman–Crippen LogP) is 1.63. The largest absolute Gasteiger partial charge is 0.480 e. The molecule has 1 heterocycles. The Bertz CT molecular complexity index is 247. The fourth-order valence-corrected chi connectivity index (χ4v) is 1.44. The second-order valence-electron chi connectivity index (χ2n) is 2.15. The van der Waals surface area contributed by atoms with Gasteiger partial charge in [-0.05, 0) is 6.42 Å². The van der Waals surface area contributed by atoms with Gasteiger partial charge in [-0.3, -0.25) is 4.79 Å². The predicted molar refractivity (Wildman–Crippen MR) is 44.1 cm³/mol. The fraction of sp³-hybridized carbons (Fsp3) is 0.429. The van der Waals surface area contributed by atoms with Gasteiger partial charge in [0.25, 0.3) is 5.22 Å². The van der Waals surface area contributed by atoms with Gasteiger partial charge in [-0.25, -0.2) is 4.98 Å². The monoisotopic (exact) mass is 187 g/mol. The van der Waals surface area contributed by atoms with Crippen molar-refractivity contribution in [3.8, 4) is 0 Å². The van der Waals surface area contributed by atoms with Crippen LogP contribution in [0.1, 0.15) is 13.3 Å². The summed E-state index contributed by atoms with van der Waals surface area (Å²) in [7, 11) is 0. The third-order valence-corrected chi connectivity index (χ3v) is 2.52. The molecule has 0 bridgehead atoms. The molecule has 0 aromatic carbocycles. The van der Waals surface area contributed by atoms with Crippen molar-refractivity contribution in [3.05, 3.63) is 12.5 Å². The molecule has 1 aromatic rings. The first-order valence-corrected chi connectivity index (χ1v) is 4.41. The zero-order valence-electron chi connectivity index (χ0n) is 6.56. The van der Waals surface area contributed by atoms with Crippen LogP contribution in [-0.2, 0) is 4.79 Å². The molecule has 1 unspecified atom stereocenters. The van der Waals surface area contributed by atoms with E-state index in [-0.39, 0.29) is 0 Å². The van der Waals surface area contributed by atoms with Crippen LogP contribution < -0.4 is 0 Å². The minimum atomic E-state index is -0.833. The molecule has 0 aliphatic heterocycles. The number of oxazole rings is 1. The van der Waals surface area contributed by atoms with Gasteiger partial charge < -0.3 is 9.52 Å². The van der Waals surface area contributed by atoms with Gasteiger partial charge in [-0.1, -0.05) is 18.7 Å². The highest BCUT2D eigenvalue weighted by Gasteiger charge is 2.18. The van der Waals surface area contributed by atoms with E-state index in [0.717, 1.165) is 11.8 Å². The number of rotatable bonds is 4. The van der Waals surface area contributed by atoms with Crippen molar-refractivity contribution in [3.63, 3.8) is 0 Å². The summed E-state index contributed by atoms with van der Waals surface area (Å²) in [5.74, 6) is -0.833. The van der Waals surface area contributed by atoms with Crippen LogP contribution in [0.4, 0.5) is 0 Å². The lowest BCUT2D eigenvalue weighted by Gasteiger charge is -2.04. The van der Waals surface area contributed by atoms with Gasteiger partial charge in [0.2, 0.25) is 0 Å². The van der Waals surface area contributed by atoms with Crippen LogP contribution in [0.2, 0.25) is 0 Å². The maximum Gasteiger partial charge on any atom is 0.317 e. The van der Waals surface area contributed by atoms with Gasteiger partial charge in [0.1, 0.15) is 11.5 Å². The molecule has 1 aromatic heterocycles. The van der Waals surface area contributed by atoms with Crippen molar-refractivity contribution in [1.29, 1.82) is 0 Å². The zero-order chi connectivity index (χ0) is 8.97. The Morgan fingerprint density at radius 2 is 2.67 bits per heavy atom. The van der Waals surface area contributed by atoms with E-state index >= 15 is 0 Å². The molecule has 4 nitrogen and oxygen atoms in total. The fourth-order valence-electron chi connectivity index (χ4n) is 0.699. The van der Waals surface area contributed by atoms with E-state index in [1.165, 1.54) is 12.5 Å². The molecule has 1 atom stereocenters. The molecule has 1 rings (SSSR count). The number of thioether (sulfide) groups is 1. The Kier molecular flexibility index (Phi) is 3.16. The van der Waals surface area contributed by atoms with E-state index < -0.39 is 11.2 Å². The highest BCUT2D eigenvalue weighted by atomic mass is 32.2. The van der Waals surface area contributed by atoms with Gasteiger partial charge in [-0.2, -0.15) is 0 Å². The van der Waals surface area contributed by atoms with E-state index in [0.29, 0.717) is 11.6 Å². The molecule has 0 radical (unpaired) electrons. The number of aromatic nitrogens is 1. The number of carboxylic acids is 1. The van der Waals surface area contributed by atoms with E-state index in [9.17, 15) is 4.79 Å². The summed E-state index contributed by atoms with van der Waals surface area (Å²) in [5, 5.41) is 8.62. The molecule has 12 heavy (non-hydrogen) atoms. The van der Waals surface area contributed by atoms with Crippen LogP contribution in [0, 0.1) is 0 Å². The van der Waals surface area contributed by atoms with Crippen molar-refractivity contribution in [1.82, 2.24) is 4.98 Å². The molecule has 0 aliphatic rings. The van der Waals surface area contributed by atoms with Crippen LogP contribution in [0.3, 0.4) is 0 Å². The van der Waals surface area contributed by atoms with Crippen LogP contribution in [0.15, 0.2) is 22.1 Å². The quantitative estimate of drug-likeness (QED) is 0.726. The number of hydrogen-bond acceptors (Lipinski definition) is 4. The van der Waals surface area contributed by atoms with Crippen LogP contribution in [0.25, 0.3) is 0 Å². The van der Waals surface area contributed by atoms with Crippen LogP contribution >= 0.6 is 11.8 Å². The van der Waals surface area contributed by atoms with Crippen molar-refractivity contribution < 1.29 is 14.3 Å². The SMILES string of the molecule is CCC(Sc1ncco1)C(=O)O. The molecule has 0 amide bonds. The average molecular weight is 187 g/mol. The molecule has 0 saturated carbocycles. The lowest BCUT2D eigenvalue weighted by molar-refractivity contribution is -0.136. The maximum absolute atomic E-state index is 10.6. The highest BCUT2D eigenvalue weighted by Crippen LogP contribution is 2.23. The smallest absolute Gasteiger partial charge is 0.317 e. The molecule has 5 heteroatoms. The molecule has 0 fully saturated rings. The molecule has 1 N–H and O–H groups in total. The Morgan fingerprint density at radius 3 is 3.08 bits per heavy atom. The maximum atomic E-state index is 10.6. The molecular weight excluding hydrogens is 178 g/mol. The Labute approximate surface area is 74.0 Å². The average Bonchev–Trinajstić information content (AvgIpc) is 2.51. The summed E-state index contributed by atoms with van der Waals surface area (Å²) in [5.41, 5.74) is 0. The summed E-state index contributed by atoms with van der Waals surface area (Å²) in [4.78, 5) is 14.4. The van der Waals surface area contributed by atoms with Crippen molar-refractivity contribution >= 4 is 17.7 Å². The zero-order valence-corrected chi connectivity index (χ0v) is 7.37. The standard InChI is InChI=1S/C7H9NO3S/c1-2-5(6(9)10)12-7-8-3-4-11-7/h3-5H,2H2,1H3,(H,9,10). The van der Waals surface area contributed by atoms with Crippen LogP contribution in [0.5, 0.6) is 0 Å². The summed E-state index contributed by atoms with van der Waals surface area (Å²) in [6, 6.07) is 0. The lowest BCUT2D eigenvalue weighted by atomic mass is 10.3. The topological polar surface area (TPSA) is 63.3 Å². The van der Waals surface area contributed by atoms with Crippen molar-refractivity contribution in [2.45, 2.75) is 23.8 Å². The van der Waals surface area contributed by atoms with Gasteiger partial charge in [0.15, 0.2) is 0 Å². The first kappa shape index (κ1) is 9.12. The number of hydrogen-bond donors (Lipinski definition) is 1. The van der Waals surface area contributed by atoms with E-state index in [2.05, 4.69) is 4.98 Å². The van der Waals surface area contributed by atoms with E-state index in [4.69, 9.17) is 9.52 Å². The third-order valence-electron chi connectivity index (χ3n) is 1.30. The Morgan fingerprint density at radius 1 is 1.92 bits per heavy atom. The molecule has 0 aliphatic carbocycles. The number of carboxylic acid groups (broad SMARTS) is 1. The van der Waals surface area contributed by atoms with Crippen molar-refractivity contribution in [2.24, 2.45) is 0 Å². The minimum absolute atomic E-state index is 0.407. The summed E-state index contributed by atoms with van der Waals surface area (Å²) in [6.45, 7) is 1.81. The molecule has 66 valence electrons. The third kappa shape index (κ3) is 2.27. The van der Waals surface area contributed by atoms with Crippen molar-refractivity contribution in [2.75, 3.05) is 0 Å². The van der Waals surface area contributed by atoms with Gasteiger partial charge in [-0.15, -0.1) is 0 Å². The van der Waals surface area contributed by atoms with Crippen LogP contribution in [-0.4, -0.2) is 21.3 Å².